The Labute approximate surface area is 98.1 Å². The summed E-state index contributed by atoms with van der Waals surface area (Å²) in [4.78, 5) is 32.0. The molecular weight excluding hydrogens is 232 g/mol. The second-order valence-electron chi connectivity index (χ2n) is 3.13. The van der Waals surface area contributed by atoms with Gasteiger partial charge >= 0.3 is 11.9 Å². The van der Waals surface area contributed by atoms with Crippen LogP contribution in [0.15, 0.2) is 0 Å². The fourth-order valence-electron chi connectivity index (χ4n) is 0.733. The summed E-state index contributed by atoms with van der Waals surface area (Å²) in [5.41, 5.74) is 4.97. The molecule has 0 aromatic carbocycles. The van der Waals surface area contributed by atoms with Gasteiger partial charge in [0.2, 0.25) is 5.91 Å². The van der Waals surface area contributed by atoms with Gasteiger partial charge in [0, 0.05) is 6.92 Å². The Morgan fingerprint density at radius 3 is 2.24 bits per heavy atom. The Balaban J connectivity index is 3.61. The number of amides is 1. The Hall–Kier alpha value is -1.67. The smallest absolute Gasteiger partial charge is 0.325 e. The Morgan fingerprint density at radius 2 is 1.76 bits per heavy atom. The fourth-order valence-corrected chi connectivity index (χ4v) is 0.733. The van der Waals surface area contributed by atoms with Crippen molar-refractivity contribution in [3.8, 4) is 0 Å². The van der Waals surface area contributed by atoms with Crippen LogP contribution in [0.4, 0.5) is 0 Å². The molecule has 0 rings (SSSR count). The van der Waals surface area contributed by atoms with E-state index < -0.39 is 18.0 Å². The van der Waals surface area contributed by atoms with E-state index in [-0.39, 0.29) is 32.2 Å². The van der Waals surface area contributed by atoms with Crippen LogP contribution in [-0.4, -0.2) is 55.4 Å². The van der Waals surface area contributed by atoms with Crippen molar-refractivity contribution >= 4 is 17.8 Å². The molecular formula is C9H16N2O6. The zero-order valence-corrected chi connectivity index (χ0v) is 9.47. The Bertz CT molecular complexity index is 281. The normalized spacial score (nSPS) is 11.5. The summed E-state index contributed by atoms with van der Waals surface area (Å²) >= 11 is 0. The third kappa shape index (κ3) is 9.27. The lowest BCUT2D eigenvalue weighted by molar-refractivity contribution is -0.151. The number of nitrogens with one attached hydrogen (secondary N) is 1. The van der Waals surface area contributed by atoms with Gasteiger partial charge < -0.3 is 25.6 Å². The highest BCUT2D eigenvalue weighted by Gasteiger charge is 2.11. The van der Waals surface area contributed by atoms with Crippen LogP contribution in [0, 0.1) is 0 Å². The molecule has 0 bridgehead atoms. The molecule has 0 saturated carbocycles. The summed E-state index contributed by atoms with van der Waals surface area (Å²) in [6.45, 7) is 0.0772. The maximum absolute atomic E-state index is 11.0. The summed E-state index contributed by atoms with van der Waals surface area (Å²) in [5.74, 6) is -1.71. The Kier molecular flexibility index (Phi) is 7.65. The number of hydrogen-bond acceptors (Lipinski definition) is 7. The van der Waals surface area contributed by atoms with E-state index >= 15 is 0 Å². The Morgan fingerprint density at radius 1 is 1.24 bits per heavy atom. The molecule has 0 aliphatic carbocycles. The molecule has 17 heavy (non-hydrogen) atoms. The number of nitrogens with two attached hydrogens (primary N) is 1. The molecule has 0 fully saturated rings. The number of ether oxygens (including phenoxy) is 2. The lowest BCUT2D eigenvalue weighted by Gasteiger charge is -2.11. The zero-order chi connectivity index (χ0) is 13.3. The average molecular weight is 248 g/mol. The number of carbonyl (C=O) groups excluding carboxylic acids is 3. The summed E-state index contributed by atoms with van der Waals surface area (Å²) < 4.78 is 9.10. The lowest BCUT2D eigenvalue weighted by Crippen LogP contribution is -2.32. The van der Waals surface area contributed by atoms with Crippen LogP contribution in [0.3, 0.4) is 0 Å². The van der Waals surface area contributed by atoms with Gasteiger partial charge in [-0.2, -0.15) is 0 Å². The predicted octanol–water partition coefficient (Wildman–Crippen LogP) is -2.47. The van der Waals surface area contributed by atoms with Crippen LogP contribution >= 0.6 is 0 Å². The first-order chi connectivity index (χ1) is 7.95. The minimum absolute atomic E-state index is 0.273. The number of aliphatic hydroxyl groups is 1. The molecule has 0 aromatic rings. The van der Waals surface area contributed by atoms with Crippen molar-refractivity contribution < 1.29 is 29.0 Å². The van der Waals surface area contributed by atoms with Crippen molar-refractivity contribution in [2.75, 3.05) is 26.3 Å². The van der Waals surface area contributed by atoms with Gasteiger partial charge in [0.05, 0.1) is 6.54 Å². The van der Waals surface area contributed by atoms with Gasteiger partial charge in [0.25, 0.3) is 0 Å². The first kappa shape index (κ1) is 15.3. The molecule has 0 radical (unpaired) electrons. The van der Waals surface area contributed by atoms with E-state index in [9.17, 15) is 19.5 Å². The van der Waals surface area contributed by atoms with Crippen molar-refractivity contribution in [3.05, 3.63) is 0 Å². The van der Waals surface area contributed by atoms with Gasteiger partial charge in [0.1, 0.15) is 25.9 Å². The van der Waals surface area contributed by atoms with Gasteiger partial charge in [-0.25, -0.2) is 0 Å². The minimum atomic E-state index is -1.12. The maximum Gasteiger partial charge on any atom is 0.325 e. The van der Waals surface area contributed by atoms with E-state index in [1.165, 1.54) is 6.92 Å². The third-order valence-electron chi connectivity index (χ3n) is 1.52. The highest BCUT2D eigenvalue weighted by atomic mass is 16.6. The standard InChI is InChI=1S/C9H16N2O6/c1-6(12)11-3-9(15)17-5-7(13)4-16-8(14)2-10/h7,13H,2-5,10H2,1H3,(H,11,12). The number of hydrogen-bond donors (Lipinski definition) is 3. The molecule has 0 spiro atoms. The predicted molar refractivity (Wildman–Crippen MR) is 55.7 cm³/mol. The third-order valence-corrected chi connectivity index (χ3v) is 1.52. The molecule has 1 amide bonds. The first-order valence-corrected chi connectivity index (χ1v) is 4.89. The number of carbonyl (C=O) groups is 3. The SMILES string of the molecule is CC(=O)NCC(=O)OCC(O)COC(=O)CN. The van der Waals surface area contributed by atoms with Crippen LogP contribution in [0.1, 0.15) is 6.92 Å². The van der Waals surface area contributed by atoms with Crippen LogP contribution in [0.2, 0.25) is 0 Å². The van der Waals surface area contributed by atoms with Gasteiger partial charge in [-0.05, 0) is 0 Å². The van der Waals surface area contributed by atoms with Gasteiger partial charge in [0.15, 0.2) is 0 Å². The maximum atomic E-state index is 11.0. The van der Waals surface area contributed by atoms with Gasteiger partial charge in [-0.15, -0.1) is 0 Å². The lowest BCUT2D eigenvalue weighted by atomic mass is 10.4. The highest BCUT2D eigenvalue weighted by Crippen LogP contribution is 1.89. The zero-order valence-electron chi connectivity index (χ0n) is 9.47. The van der Waals surface area contributed by atoms with Crippen molar-refractivity contribution in [2.45, 2.75) is 13.0 Å². The van der Waals surface area contributed by atoms with E-state index in [1.54, 1.807) is 0 Å². The van der Waals surface area contributed by atoms with Crippen molar-refractivity contribution in [2.24, 2.45) is 5.73 Å². The van der Waals surface area contributed by atoms with E-state index in [0.29, 0.717) is 0 Å². The van der Waals surface area contributed by atoms with Crippen LogP contribution in [0.25, 0.3) is 0 Å². The van der Waals surface area contributed by atoms with Crippen molar-refractivity contribution in [3.63, 3.8) is 0 Å². The van der Waals surface area contributed by atoms with Crippen LogP contribution in [0.5, 0.6) is 0 Å². The number of aliphatic hydroxyl groups excluding tert-OH is 1. The summed E-state index contributed by atoms with van der Waals surface area (Å²) in [6.07, 6.45) is -1.12. The molecule has 1 unspecified atom stereocenters. The molecule has 8 nitrogen and oxygen atoms in total. The fraction of sp³-hybridized carbons (Fsp3) is 0.667. The minimum Gasteiger partial charge on any atom is -0.462 e. The highest BCUT2D eigenvalue weighted by molar-refractivity contribution is 5.80. The molecule has 0 aliphatic heterocycles. The van der Waals surface area contributed by atoms with Crippen molar-refractivity contribution in [1.82, 2.24) is 5.32 Å². The molecule has 0 aromatic heterocycles. The van der Waals surface area contributed by atoms with Crippen LogP contribution < -0.4 is 11.1 Å². The van der Waals surface area contributed by atoms with E-state index in [0.717, 1.165) is 0 Å². The average Bonchev–Trinajstić information content (AvgIpc) is 2.30. The number of rotatable bonds is 7. The van der Waals surface area contributed by atoms with E-state index in [1.807, 2.05) is 0 Å². The van der Waals surface area contributed by atoms with Gasteiger partial charge in [-0.3, -0.25) is 14.4 Å². The molecule has 1 atom stereocenters. The summed E-state index contributed by atoms with van der Waals surface area (Å²) in [6, 6.07) is 0. The van der Waals surface area contributed by atoms with E-state index in [2.05, 4.69) is 14.8 Å². The molecule has 0 saturated heterocycles. The summed E-state index contributed by atoms with van der Waals surface area (Å²) in [7, 11) is 0. The van der Waals surface area contributed by atoms with Gasteiger partial charge in [-0.1, -0.05) is 0 Å². The topological polar surface area (TPSA) is 128 Å². The second kappa shape index (κ2) is 8.48. The molecule has 0 aliphatic rings. The second-order valence-corrected chi connectivity index (χ2v) is 3.13. The largest absolute Gasteiger partial charge is 0.462 e. The number of esters is 2. The molecule has 0 heterocycles. The molecule has 98 valence electrons. The molecule has 4 N–H and O–H groups in total. The van der Waals surface area contributed by atoms with Crippen molar-refractivity contribution in [1.29, 1.82) is 0 Å². The molecule has 8 heteroatoms. The first-order valence-electron chi connectivity index (χ1n) is 4.89. The quantitative estimate of drug-likeness (QED) is 0.426. The van der Waals surface area contributed by atoms with Crippen LogP contribution in [-0.2, 0) is 23.9 Å². The van der Waals surface area contributed by atoms with E-state index in [4.69, 9.17) is 5.73 Å². The monoisotopic (exact) mass is 248 g/mol. The summed E-state index contributed by atoms with van der Waals surface area (Å²) in [5, 5.41) is 11.5.